The number of aromatic nitrogens is 3. The Balaban J connectivity index is 1.52. The van der Waals surface area contributed by atoms with Gasteiger partial charge in [0.1, 0.15) is 11.5 Å². The molecule has 2 aromatic heterocycles. The number of halogens is 3. The minimum Gasteiger partial charge on any atom is -0.457 e. The molecule has 4 aromatic rings. The number of ether oxygens (including phenoxy) is 1. The number of carbonyl (C=O) groups excluding carboxylic acids is 1. The summed E-state index contributed by atoms with van der Waals surface area (Å²) in [6.45, 7) is 1.63. The van der Waals surface area contributed by atoms with Gasteiger partial charge in [-0.1, -0.05) is 0 Å². The lowest BCUT2D eigenvalue weighted by Crippen LogP contribution is -2.28. The second kappa shape index (κ2) is 9.14. The van der Waals surface area contributed by atoms with Gasteiger partial charge in [-0.2, -0.15) is 13.2 Å². The first-order valence-electron chi connectivity index (χ1n) is 10.4. The molecule has 176 valence electrons. The van der Waals surface area contributed by atoms with E-state index in [1.54, 1.807) is 49.0 Å². The number of nitrogens with zero attached hydrogens (tertiary/aromatic N) is 3. The number of carbonyl (C=O) groups is 1. The molecule has 0 saturated carbocycles. The van der Waals surface area contributed by atoms with Crippen molar-refractivity contribution < 1.29 is 22.7 Å². The number of anilines is 2. The van der Waals surface area contributed by atoms with E-state index in [-0.39, 0.29) is 12.2 Å². The van der Waals surface area contributed by atoms with Crippen molar-refractivity contribution in [2.45, 2.75) is 25.6 Å². The third-order valence-electron chi connectivity index (χ3n) is 5.21. The minimum absolute atomic E-state index is 0.118. The molecular weight excluding hydrogens is 447 g/mol. The highest BCUT2D eigenvalue weighted by Gasteiger charge is 2.30. The molecule has 2 heterocycles. The number of alkyl halides is 3. The summed E-state index contributed by atoms with van der Waals surface area (Å²) in [6, 6.07) is 12.9. The monoisotopic (exact) mass is 469 g/mol. The molecule has 4 rings (SSSR count). The van der Waals surface area contributed by atoms with Crippen LogP contribution < -0.4 is 15.8 Å². The number of pyridine rings is 1. The normalized spacial score (nSPS) is 12.5. The van der Waals surface area contributed by atoms with Crippen LogP contribution in [-0.2, 0) is 24.4 Å². The first-order valence-corrected chi connectivity index (χ1v) is 10.4. The van der Waals surface area contributed by atoms with Gasteiger partial charge in [0.05, 0.1) is 34.8 Å². The van der Waals surface area contributed by atoms with Crippen LogP contribution >= 0.6 is 0 Å². The fourth-order valence-corrected chi connectivity index (χ4v) is 3.32. The Kier molecular flexibility index (Phi) is 6.25. The van der Waals surface area contributed by atoms with Gasteiger partial charge in [0.15, 0.2) is 5.78 Å². The maximum atomic E-state index is 12.8. The summed E-state index contributed by atoms with van der Waals surface area (Å²) < 4.78 is 46.1. The lowest BCUT2D eigenvalue weighted by atomic mass is 10.1. The van der Waals surface area contributed by atoms with Gasteiger partial charge in [-0.25, -0.2) is 4.98 Å². The number of imidazole rings is 1. The van der Waals surface area contributed by atoms with Gasteiger partial charge < -0.3 is 20.4 Å². The summed E-state index contributed by atoms with van der Waals surface area (Å²) >= 11 is 0. The highest BCUT2D eigenvalue weighted by molar-refractivity contribution is 5.85. The molecule has 10 heteroatoms. The molecule has 1 atom stereocenters. The Morgan fingerprint density at radius 2 is 1.82 bits per heavy atom. The van der Waals surface area contributed by atoms with Crippen LogP contribution in [0.1, 0.15) is 18.2 Å². The van der Waals surface area contributed by atoms with E-state index in [4.69, 9.17) is 10.5 Å². The lowest BCUT2D eigenvalue weighted by molar-refractivity contribution is -0.137. The van der Waals surface area contributed by atoms with Crippen LogP contribution in [0.25, 0.3) is 11.0 Å². The Morgan fingerprint density at radius 1 is 1.12 bits per heavy atom. The first-order chi connectivity index (χ1) is 16.1. The van der Waals surface area contributed by atoms with Crippen LogP contribution in [0.2, 0.25) is 0 Å². The predicted molar refractivity (Wildman–Crippen MR) is 122 cm³/mol. The molecule has 0 spiro atoms. The van der Waals surface area contributed by atoms with Gasteiger partial charge in [-0.05, 0) is 49.4 Å². The second-order valence-corrected chi connectivity index (χ2v) is 7.86. The van der Waals surface area contributed by atoms with E-state index in [0.717, 1.165) is 17.6 Å². The maximum Gasteiger partial charge on any atom is 0.416 e. The molecule has 2 aromatic carbocycles. The Hall–Kier alpha value is -3.92. The van der Waals surface area contributed by atoms with Gasteiger partial charge in [-0.3, -0.25) is 9.78 Å². The number of hydrogen-bond acceptors (Lipinski definition) is 6. The maximum absolute atomic E-state index is 12.8. The van der Waals surface area contributed by atoms with Crippen LogP contribution in [-0.4, -0.2) is 26.4 Å². The third kappa shape index (κ3) is 5.18. The molecule has 0 amide bonds. The molecule has 0 aliphatic heterocycles. The number of nitrogens with two attached hydrogens (primary N) is 1. The van der Waals surface area contributed by atoms with Crippen molar-refractivity contribution in [1.29, 1.82) is 0 Å². The number of fused-ring (bicyclic) bond motifs is 1. The molecule has 0 bridgehead atoms. The highest BCUT2D eigenvalue weighted by atomic mass is 19.4. The van der Waals surface area contributed by atoms with Crippen LogP contribution in [0.15, 0.2) is 60.8 Å². The molecule has 3 N–H and O–H groups in total. The van der Waals surface area contributed by atoms with Crippen molar-refractivity contribution in [3.8, 4) is 11.5 Å². The highest BCUT2D eigenvalue weighted by Crippen LogP contribution is 2.31. The summed E-state index contributed by atoms with van der Waals surface area (Å²) in [6.07, 6.45) is -2.71. The number of aryl methyl sites for hydroxylation is 1. The molecule has 0 radical (unpaired) electrons. The number of benzene rings is 2. The molecule has 7 nitrogen and oxygen atoms in total. The number of hydrogen-bond donors (Lipinski definition) is 2. The summed E-state index contributed by atoms with van der Waals surface area (Å²) in [5.41, 5.74) is 7.38. The quantitative estimate of drug-likeness (QED) is 0.396. The lowest BCUT2D eigenvalue weighted by Gasteiger charge is -2.09. The van der Waals surface area contributed by atoms with Gasteiger partial charge >= 0.3 is 6.18 Å². The molecule has 0 aliphatic rings. The van der Waals surface area contributed by atoms with Gasteiger partial charge in [0, 0.05) is 31.1 Å². The zero-order valence-corrected chi connectivity index (χ0v) is 18.4. The summed E-state index contributed by atoms with van der Waals surface area (Å²) in [4.78, 5) is 20.6. The van der Waals surface area contributed by atoms with Crippen molar-refractivity contribution in [1.82, 2.24) is 14.5 Å². The van der Waals surface area contributed by atoms with Gasteiger partial charge in [0.25, 0.3) is 0 Å². The third-order valence-corrected chi connectivity index (χ3v) is 5.21. The van der Waals surface area contributed by atoms with E-state index in [2.05, 4.69) is 15.3 Å². The van der Waals surface area contributed by atoms with Crippen molar-refractivity contribution in [2.24, 2.45) is 12.8 Å². The second-order valence-electron chi connectivity index (χ2n) is 7.86. The van der Waals surface area contributed by atoms with E-state index >= 15 is 0 Å². The predicted octanol–water partition coefficient (Wildman–Crippen LogP) is 4.98. The molecule has 0 fully saturated rings. The Morgan fingerprint density at radius 3 is 2.50 bits per heavy atom. The fourth-order valence-electron chi connectivity index (χ4n) is 3.32. The average Bonchev–Trinajstić information content (AvgIpc) is 3.08. The van der Waals surface area contributed by atoms with E-state index in [9.17, 15) is 18.0 Å². The zero-order chi connectivity index (χ0) is 24.5. The largest absolute Gasteiger partial charge is 0.457 e. The van der Waals surface area contributed by atoms with Gasteiger partial charge in [-0.15, -0.1) is 0 Å². The summed E-state index contributed by atoms with van der Waals surface area (Å²) in [5, 5.41) is 3.04. The molecule has 0 saturated heterocycles. The molecule has 0 aliphatic carbocycles. The average molecular weight is 469 g/mol. The van der Waals surface area contributed by atoms with Crippen molar-refractivity contribution in [3.63, 3.8) is 0 Å². The SMILES string of the molecule is C[C@H](N)C(=O)Cc1cc(Oc2ccc3c(c2)nc(Nc2ccc(C(F)(F)F)cc2)n3C)ccn1. The first kappa shape index (κ1) is 23.2. The standard InChI is InChI=1S/C24H22F3N5O2/c1-14(28)22(33)12-17-11-19(9-10-29-17)34-18-7-8-21-20(13-18)31-23(32(21)2)30-16-5-3-15(4-6-16)24(25,26)27/h3-11,13-14H,12,28H2,1-2H3,(H,30,31)/t14-/m0/s1. The summed E-state index contributed by atoms with van der Waals surface area (Å²) in [7, 11) is 1.80. The van der Waals surface area contributed by atoms with E-state index in [1.807, 2.05) is 6.07 Å². The topological polar surface area (TPSA) is 95.1 Å². The van der Waals surface area contributed by atoms with Crippen LogP contribution in [0.4, 0.5) is 24.8 Å². The van der Waals surface area contributed by atoms with E-state index in [1.165, 1.54) is 12.1 Å². The minimum atomic E-state index is -4.39. The number of ketones is 1. The fraction of sp³-hybridized carbons (Fsp3) is 0.208. The number of Topliss-reactive ketones (excluding diaryl/α,β-unsaturated/α-hetero) is 1. The van der Waals surface area contributed by atoms with Crippen LogP contribution in [0.3, 0.4) is 0 Å². The van der Waals surface area contributed by atoms with E-state index < -0.39 is 17.8 Å². The van der Waals surface area contributed by atoms with Crippen LogP contribution in [0.5, 0.6) is 11.5 Å². The number of nitrogens with one attached hydrogen (secondary N) is 1. The van der Waals surface area contributed by atoms with Crippen molar-refractivity contribution >= 4 is 28.5 Å². The van der Waals surface area contributed by atoms with Crippen LogP contribution in [0, 0.1) is 0 Å². The Bertz CT molecular complexity index is 1330. The van der Waals surface area contributed by atoms with E-state index in [0.29, 0.717) is 34.3 Å². The number of rotatable bonds is 7. The smallest absolute Gasteiger partial charge is 0.416 e. The zero-order valence-electron chi connectivity index (χ0n) is 18.4. The molecule has 34 heavy (non-hydrogen) atoms. The van der Waals surface area contributed by atoms with Gasteiger partial charge in [0.2, 0.25) is 5.95 Å². The van der Waals surface area contributed by atoms with Crippen molar-refractivity contribution in [2.75, 3.05) is 5.32 Å². The Labute approximate surface area is 193 Å². The summed E-state index contributed by atoms with van der Waals surface area (Å²) in [5.74, 6) is 1.39. The molecule has 0 unspecified atom stereocenters. The molecular formula is C24H22F3N5O2. The van der Waals surface area contributed by atoms with Crippen molar-refractivity contribution in [3.05, 3.63) is 72.1 Å².